The Balaban J connectivity index is 1.85. The number of likely N-dealkylation sites (tertiary alicyclic amines) is 1. The summed E-state index contributed by atoms with van der Waals surface area (Å²) in [6.45, 7) is 0.0332. The molecule has 2 aromatic carbocycles. The second-order valence-electron chi connectivity index (χ2n) is 7.84. The lowest BCUT2D eigenvalue weighted by molar-refractivity contribution is -0.140. The summed E-state index contributed by atoms with van der Waals surface area (Å²) in [4.78, 5) is 29.3. The molecule has 0 spiro atoms. The molecule has 33 heavy (non-hydrogen) atoms. The molecule has 1 aromatic heterocycles. The summed E-state index contributed by atoms with van der Waals surface area (Å²) in [7, 11) is 5.13. The number of nitrogens with zero attached hydrogens (tertiary/aromatic N) is 2. The molecule has 3 aromatic rings. The van der Waals surface area contributed by atoms with Gasteiger partial charge in [-0.3, -0.25) is 9.59 Å². The zero-order valence-corrected chi connectivity index (χ0v) is 18.4. The van der Waals surface area contributed by atoms with Gasteiger partial charge in [0.25, 0.3) is 11.7 Å². The average molecular weight is 450 g/mol. The van der Waals surface area contributed by atoms with Crippen LogP contribution in [-0.4, -0.2) is 42.9 Å². The Morgan fingerprint density at radius 1 is 1.15 bits per heavy atom. The second kappa shape index (κ2) is 8.82. The maximum absolute atomic E-state index is 14.3. The van der Waals surface area contributed by atoms with Gasteiger partial charge in [0.1, 0.15) is 11.5 Å². The number of halogens is 1. The van der Waals surface area contributed by atoms with E-state index in [1.54, 1.807) is 24.3 Å². The molecule has 1 amide bonds. The molecule has 1 atom stereocenters. The number of methoxy groups -OCH3 is 1. The summed E-state index contributed by atoms with van der Waals surface area (Å²) in [5.74, 6) is -2.29. The first-order valence-corrected chi connectivity index (χ1v) is 10.2. The van der Waals surface area contributed by atoms with E-state index in [1.165, 1.54) is 30.4 Å². The molecular formula is C25H23FN2O5. The van der Waals surface area contributed by atoms with Gasteiger partial charge >= 0.3 is 0 Å². The Kier molecular flexibility index (Phi) is 5.91. The van der Waals surface area contributed by atoms with Gasteiger partial charge in [0.2, 0.25) is 0 Å². The van der Waals surface area contributed by atoms with Gasteiger partial charge in [0.05, 0.1) is 31.5 Å². The monoisotopic (exact) mass is 450 g/mol. The molecule has 0 bridgehead atoms. The van der Waals surface area contributed by atoms with Crippen LogP contribution in [0.3, 0.4) is 0 Å². The number of aliphatic hydroxyl groups excluding tert-OH is 1. The summed E-state index contributed by atoms with van der Waals surface area (Å²) < 4.78 is 24.6. The number of hydrogen-bond acceptors (Lipinski definition) is 6. The van der Waals surface area contributed by atoms with E-state index in [0.29, 0.717) is 11.3 Å². The van der Waals surface area contributed by atoms with E-state index in [-0.39, 0.29) is 23.4 Å². The van der Waals surface area contributed by atoms with Crippen molar-refractivity contribution < 1.29 is 28.2 Å². The van der Waals surface area contributed by atoms with E-state index in [2.05, 4.69) is 0 Å². The van der Waals surface area contributed by atoms with Crippen molar-refractivity contribution in [3.05, 3.63) is 89.1 Å². The second-order valence-corrected chi connectivity index (χ2v) is 7.84. The van der Waals surface area contributed by atoms with E-state index in [4.69, 9.17) is 9.15 Å². The maximum Gasteiger partial charge on any atom is 0.296 e. The highest BCUT2D eigenvalue weighted by molar-refractivity contribution is 6.46. The first-order chi connectivity index (χ1) is 15.8. The van der Waals surface area contributed by atoms with Gasteiger partial charge in [-0.25, -0.2) is 4.39 Å². The number of carbonyl (C=O) groups is 2. The zero-order valence-electron chi connectivity index (χ0n) is 18.4. The number of carbonyl (C=O) groups excluding carboxylic acids is 2. The van der Waals surface area contributed by atoms with Gasteiger partial charge in [0.15, 0.2) is 11.6 Å². The Morgan fingerprint density at radius 3 is 2.45 bits per heavy atom. The minimum Gasteiger partial charge on any atom is -0.507 e. The number of ether oxygens (including phenoxy) is 1. The summed E-state index contributed by atoms with van der Waals surface area (Å²) in [5, 5.41) is 11.1. The first kappa shape index (κ1) is 22.1. The summed E-state index contributed by atoms with van der Waals surface area (Å²) in [6, 6.07) is 13.7. The van der Waals surface area contributed by atoms with Crippen molar-refractivity contribution in [2.75, 3.05) is 26.1 Å². The van der Waals surface area contributed by atoms with Crippen LogP contribution in [0, 0.1) is 5.82 Å². The van der Waals surface area contributed by atoms with Crippen LogP contribution < -0.4 is 9.64 Å². The Labute approximate surface area is 190 Å². The van der Waals surface area contributed by atoms with Crippen LogP contribution in [0.1, 0.15) is 22.9 Å². The van der Waals surface area contributed by atoms with Gasteiger partial charge < -0.3 is 24.1 Å². The number of amides is 1. The lowest BCUT2D eigenvalue weighted by atomic mass is 9.95. The van der Waals surface area contributed by atoms with Crippen LogP contribution in [0.5, 0.6) is 5.75 Å². The predicted octanol–water partition coefficient (Wildman–Crippen LogP) is 4.12. The van der Waals surface area contributed by atoms with Gasteiger partial charge in [-0.1, -0.05) is 12.1 Å². The third-order valence-corrected chi connectivity index (χ3v) is 5.60. The lowest BCUT2D eigenvalue weighted by Gasteiger charge is -2.25. The van der Waals surface area contributed by atoms with E-state index < -0.39 is 29.3 Å². The molecule has 1 fully saturated rings. The highest BCUT2D eigenvalue weighted by atomic mass is 19.1. The molecule has 4 rings (SSSR count). The Morgan fingerprint density at radius 2 is 1.88 bits per heavy atom. The maximum atomic E-state index is 14.3. The zero-order chi connectivity index (χ0) is 23.7. The third kappa shape index (κ3) is 4.07. The van der Waals surface area contributed by atoms with E-state index >= 15 is 0 Å². The van der Waals surface area contributed by atoms with Crippen LogP contribution in [0.2, 0.25) is 0 Å². The number of aliphatic hydroxyl groups is 1. The smallest absolute Gasteiger partial charge is 0.296 e. The molecular weight excluding hydrogens is 427 g/mol. The lowest BCUT2D eigenvalue weighted by Crippen LogP contribution is -2.29. The summed E-state index contributed by atoms with van der Waals surface area (Å²) in [5.41, 5.74) is 1.51. The van der Waals surface area contributed by atoms with Gasteiger partial charge in [-0.15, -0.1) is 0 Å². The number of Topliss-reactive ketones (excluding diaryl/α,β-unsaturated/α-hetero) is 1. The van der Waals surface area contributed by atoms with E-state index in [0.717, 1.165) is 11.8 Å². The minimum atomic E-state index is -0.878. The van der Waals surface area contributed by atoms with Gasteiger partial charge in [-0.2, -0.15) is 0 Å². The molecule has 7 nitrogen and oxygen atoms in total. The van der Waals surface area contributed by atoms with Crippen molar-refractivity contribution in [1.82, 2.24) is 4.90 Å². The van der Waals surface area contributed by atoms with Crippen LogP contribution in [0.4, 0.5) is 10.1 Å². The normalized spacial score (nSPS) is 17.5. The topological polar surface area (TPSA) is 83.2 Å². The number of ketones is 1. The molecule has 1 N–H and O–H groups in total. The van der Waals surface area contributed by atoms with Crippen molar-refractivity contribution in [2.24, 2.45) is 0 Å². The van der Waals surface area contributed by atoms with Crippen LogP contribution in [0.25, 0.3) is 5.76 Å². The number of benzene rings is 2. The number of rotatable bonds is 6. The highest BCUT2D eigenvalue weighted by Crippen LogP contribution is 2.41. The molecule has 0 unspecified atom stereocenters. The standard InChI is InChI=1S/C25H23FN2O5/c1-27(2)17-9-6-15(7-10-17)22-21(23(29)16-8-11-20(32-3)19(26)13-16)24(30)25(31)28(22)14-18-5-4-12-33-18/h4-13,22,29H,14H2,1-3H3/t22-/m1/s1. The van der Waals surface area contributed by atoms with Crippen molar-refractivity contribution in [3.63, 3.8) is 0 Å². The Bertz CT molecular complexity index is 1220. The molecule has 170 valence electrons. The fourth-order valence-electron chi connectivity index (χ4n) is 3.88. The van der Waals surface area contributed by atoms with Gasteiger partial charge in [-0.05, 0) is 48.0 Å². The number of anilines is 1. The fourth-order valence-corrected chi connectivity index (χ4v) is 3.88. The van der Waals surface area contributed by atoms with Crippen LogP contribution in [-0.2, 0) is 16.1 Å². The first-order valence-electron chi connectivity index (χ1n) is 10.2. The van der Waals surface area contributed by atoms with E-state index in [1.807, 2.05) is 31.1 Å². The predicted molar refractivity (Wildman–Crippen MR) is 120 cm³/mol. The third-order valence-electron chi connectivity index (χ3n) is 5.60. The molecule has 0 radical (unpaired) electrons. The quantitative estimate of drug-likeness (QED) is 0.346. The highest BCUT2D eigenvalue weighted by Gasteiger charge is 2.46. The van der Waals surface area contributed by atoms with Crippen molar-refractivity contribution in [2.45, 2.75) is 12.6 Å². The van der Waals surface area contributed by atoms with E-state index in [9.17, 15) is 19.1 Å². The molecule has 1 aliphatic heterocycles. The molecule has 0 saturated carbocycles. The Hall–Kier alpha value is -4.07. The largest absolute Gasteiger partial charge is 0.507 e. The minimum absolute atomic E-state index is 0.000597. The average Bonchev–Trinajstić information content (AvgIpc) is 3.41. The van der Waals surface area contributed by atoms with Crippen LogP contribution in [0.15, 0.2) is 70.9 Å². The molecule has 2 heterocycles. The summed E-state index contributed by atoms with van der Waals surface area (Å²) in [6.07, 6.45) is 1.48. The number of furan rings is 1. The van der Waals surface area contributed by atoms with Crippen molar-refractivity contribution >= 4 is 23.1 Å². The van der Waals surface area contributed by atoms with Crippen LogP contribution >= 0.6 is 0 Å². The molecule has 1 aliphatic rings. The molecule has 0 aliphatic carbocycles. The molecule has 8 heteroatoms. The molecule has 1 saturated heterocycles. The SMILES string of the molecule is COc1ccc(C(O)=C2C(=O)C(=O)N(Cc3ccco3)[C@@H]2c2ccc(N(C)C)cc2)cc1F. The number of hydrogen-bond donors (Lipinski definition) is 1. The summed E-state index contributed by atoms with van der Waals surface area (Å²) >= 11 is 0. The van der Waals surface area contributed by atoms with Gasteiger partial charge in [0, 0.05) is 25.3 Å². The van der Waals surface area contributed by atoms with Crippen molar-refractivity contribution in [1.29, 1.82) is 0 Å². The fraction of sp³-hybridized carbons (Fsp3) is 0.200. The van der Waals surface area contributed by atoms with Crippen molar-refractivity contribution in [3.8, 4) is 5.75 Å².